The average Bonchev–Trinajstić information content (AvgIpc) is 3.95. The van der Waals surface area contributed by atoms with Crippen LogP contribution < -0.4 is 0 Å². The lowest BCUT2D eigenvalue weighted by atomic mass is 9.78. The summed E-state index contributed by atoms with van der Waals surface area (Å²) >= 11 is 0. The van der Waals surface area contributed by atoms with Crippen molar-refractivity contribution in [1.29, 1.82) is 0 Å². The van der Waals surface area contributed by atoms with E-state index in [0.717, 1.165) is 0 Å². The van der Waals surface area contributed by atoms with E-state index in [4.69, 9.17) is 0 Å². The molecule has 0 aliphatic heterocycles. The van der Waals surface area contributed by atoms with Gasteiger partial charge in [0.15, 0.2) is 0 Å². The van der Waals surface area contributed by atoms with E-state index in [0.29, 0.717) is 0 Å². The predicted octanol–water partition coefficient (Wildman–Crippen LogP) is 19.5. The third-order valence-corrected chi connectivity index (χ3v) is 17.7. The Balaban J connectivity index is 0.996. The quantitative estimate of drug-likeness (QED) is 0.163. The fourth-order valence-corrected chi connectivity index (χ4v) is 13.1. The molecule has 0 fully saturated rings. The van der Waals surface area contributed by atoms with Crippen LogP contribution in [0.5, 0.6) is 0 Å². The zero-order chi connectivity index (χ0) is 51.3. The van der Waals surface area contributed by atoms with Crippen molar-refractivity contribution < 1.29 is 0 Å². The molecule has 0 atom stereocenters. The Morgan fingerprint density at radius 2 is 0.583 bits per heavy atom. The van der Waals surface area contributed by atoms with Gasteiger partial charge in [0.2, 0.25) is 0 Å². The molecule has 0 bridgehead atoms. The molecule has 0 unspecified atom stereocenters. The largest absolute Gasteiger partial charge is 0.309 e. The van der Waals surface area contributed by atoms with Crippen LogP contribution in [-0.2, 0) is 32.5 Å². The number of hydrogen-bond acceptors (Lipinski definition) is 0. The van der Waals surface area contributed by atoms with Crippen molar-refractivity contribution in [3.8, 4) is 33.6 Å². The second kappa shape index (κ2) is 14.6. The minimum absolute atomic E-state index is 0.0546. The summed E-state index contributed by atoms with van der Waals surface area (Å²) in [6.07, 6.45) is 0. The maximum absolute atomic E-state index is 2.57. The first-order valence-electron chi connectivity index (χ1n) is 26.7. The lowest BCUT2D eigenvalue weighted by molar-refractivity contribution is 0.590. The second-order valence-corrected chi connectivity index (χ2v) is 27.3. The topological polar surface area (TPSA) is 9.86 Å². The fraction of sp³-hybridized carbons (Fsp3) is 0.343. The Bertz CT molecular complexity index is 3610. The second-order valence-electron chi connectivity index (χ2n) is 27.3. The van der Waals surface area contributed by atoms with E-state index in [1.165, 1.54) is 144 Å². The molecule has 364 valence electrons. The molecule has 0 N–H and O–H groups in total. The minimum Gasteiger partial charge on any atom is -0.309 e. The van der Waals surface area contributed by atoms with Gasteiger partial charge in [-0.3, -0.25) is 0 Å². The first-order chi connectivity index (χ1) is 33.6. The standard InChI is InChI=1S/C70H74N2/c1-39-49-37-58-64(48-26-24-46(36-56(48)70(58,17)18)72-61-29-21-43(67(9,10)11)33-53(61)54-34-44(68(12,13)14)22-30-62(54)72)40(2)50(49)38-57-63(39)47-25-23-45(35-55(47)69(57,15)16)71-59-27-19-41(65(3,4)5)31-51(59)52-32-42(66(6,7)8)20-28-60(52)71/h19-38H,1-18H3. The summed E-state index contributed by atoms with van der Waals surface area (Å²) in [6, 6.07) is 48.5. The van der Waals surface area contributed by atoms with Gasteiger partial charge in [-0.15, -0.1) is 0 Å². The Morgan fingerprint density at radius 1 is 0.306 bits per heavy atom. The van der Waals surface area contributed by atoms with Gasteiger partial charge in [-0.25, -0.2) is 0 Å². The van der Waals surface area contributed by atoms with Crippen LogP contribution in [-0.4, -0.2) is 9.13 Å². The molecule has 8 aromatic carbocycles. The van der Waals surface area contributed by atoms with Gasteiger partial charge in [0, 0.05) is 43.7 Å². The number of benzene rings is 8. The van der Waals surface area contributed by atoms with Crippen molar-refractivity contribution in [2.24, 2.45) is 0 Å². The summed E-state index contributed by atoms with van der Waals surface area (Å²) in [4.78, 5) is 0. The molecule has 0 amide bonds. The van der Waals surface area contributed by atoms with Crippen LogP contribution in [0.2, 0.25) is 0 Å². The number of aromatic nitrogens is 2. The highest BCUT2D eigenvalue weighted by Crippen LogP contribution is 2.57. The van der Waals surface area contributed by atoms with E-state index < -0.39 is 0 Å². The highest BCUT2D eigenvalue weighted by atomic mass is 15.0. The Morgan fingerprint density at radius 3 is 0.847 bits per heavy atom. The van der Waals surface area contributed by atoms with E-state index in [9.17, 15) is 0 Å². The first kappa shape index (κ1) is 46.7. The lowest BCUT2D eigenvalue weighted by Crippen LogP contribution is -2.16. The average molecular weight is 943 g/mol. The van der Waals surface area contributed by atoms with Gasteiger partial charge in [0.05, 0.1) is 22.1 Å². The molecule has 0 radical (unpaired) electrons. The van der Waals surface area contributed by atoms with E-state index in [1.807, 2.05) is 0 Å². The van der Waals surface area contributed by atoms with Crippen LogP contribution in [0.25, 0.3) is 88.0 Å². The van der Waals surface area contributed by atoms with Gasteiger partial charge in [-0.1, -0.05) is 147 Å². The molecule has 2 aliphatic rings. The zero-order valence-electron chi connectivity index (χ0n) is 46.4. The van der Waals surface area contributed by atoms with Gasteiger partial charge >= 0.3 is 0 Å². The SMILES string of the molecule is Cc1c2c(cc3c(C)c4c(cc13)C(C)(C)c1cc(-n3c5ccc(C(C)(C)C)cc5c5cc(C(C)(C)C)ccc53)ccc1-4)C(C)(C)c1cc(-n3c4ccc(C(C)(C)C)cc4c4cc(C(C)(C)C)ccc43)ccc1-2. The molecule has 2 aromatic heterocycles. The molecule has 2 heterocycles. The highest BCUT2D eigenvalue weighted by Gasteiger charge is 2.41. The molecular formula is C70H74N2. The molecule has 0 spiro atoms. The van der Waals surface area contributed by atoms with Gasteiger partial charge in [0.25, 0.3) is 0 Å². The molecule has 10 aromatic rings. The predicted molar refractivity (Wildman–Crippen MR) is 312 cm³/mol. The van der Waals surface area contributed by atoms with Gasteiger partial charge in [-0.2, -0.15) is 0 Å². The smallest absolute Gasteiger partial charge is 0.0541 e. The molecule has 0 saturated heterocycles. The van der Waals surface area contributed by atoms with Crippen molar-refractivity contribution in [2.75, 3.05) is 0 Å². The van der Waals surface area contributed by atoms with E-state index in [-0.39, 0.29) is 32.5 Å². The number of fused-ring (bicyclic) bond motifs is 13. The highest BCUT2D eigenvalue weighted by molar-refractivity contribution is 6.12. The third-order valence-electron chi connectivity index (χ3n) is 17.7. The zero-order valence-corrected chi connectivity index (χ0v) is 46.4. The van der Waals surface area contributed by atoms with Crippen LogP contribution in [0, 0.1) is 13.8 Å². The summed E-state index contributed by atoms with van der Waals surface area (Å²) in [5, 5.41) is 8.06. The summed E-state index contributed by atoms with van der Waals surface area (Å²) < 4.78 is 5.05. The van der Waals surface area contributed by atoms with E-state index in [2.05, 4.69) is 255 Å². The number of rotatable bonds is 2. The first-order valence-corrected chi connectivity index (χ1v) is 26.7. The van der Waals surface area contributed by atoms with E-state index >= 15 is 0 Å². The number of nitrogens with zero attached hydrogens (tertiary/aromatic N) is 2. The Hall–Kier alpha value is -6.38. The van der Waals surface area contributed by atoms with E-state index in [1.54, 1.807) is 0 Å². The third kappa shape index (κ3) is 6.52. The summed E-state index contributed by atoms with van der Waals surface area (Å²) in [5.74, 6) is 0. The van der Waals surface area contributed by atoms with Crippen molar-refractivity contribution in [1.82, 2.24) is 9.13 Å². The Labute approximate surface area is 429 Å². The van der Waals surface area contributed by atoms with Crippen molar-refractivity contribution in [3.05, 3.63) is 177 Å². The van der Waals surface area contributed by atoms with Gasteiger partial charge in [-0.05, 0) is 209 Å². The van der Waals surface area contributed by atoms with Crippen molar-refractivity contribution in [2.45, 2.75) is 157 Å². The molecule has 2 nitrogen and oxygen atoms in total. The molecule has 0 saturated carbocycles. The molecule has 2 aliphatic carbocycles. The van der Waals surface area contributed by atoms with Gasteiger partial charge in [0.1, 0.15) is 0 Å². The van der Waals surface area contributed by atoms with Crippen LogP contribution in [0.15, 0.2) is 121 Å². The molecule has 2 heteroatoms. The molecule has 72 heavy (non-hydrogen) atoms. The number of aryl methyl sites for hydroxylation is 2. The van der Waals surface area contributed by atoms with Gasteiger partial charge < -0.3 is 9.13 Å². The molecular weight excluding hydrogens is 869 g/mol. The van der Waals surface area contributed by atoms with Crippen molar-refractivity contribution >= 4 is 54.4 Å². The minimum atomic E-state index is -0.196. The maximum atomic E-state index is 2.57. The monoisotopic (exact) mass is 943 g/mol. The molecule has 12 rings (SSSR count). The fourth-order valence-electron chi connectivity index (χ4n) is 13.1. The maximum Gasteiger partial charge on any atom is 0.0541 e. The summed E-state index contributed by atoms with van der Waals surface area (Å²) in [6.45, 7) is 42.4. The van der Waals surface area contributed by atoms with Crippen LogP contribution in [0.4, 0.5) is 0 Å². The Kier molecular flexibility index (Phi) is 9.50. The summed E-state index contributed by atoms with van der Waals surface area (Å²) in [5.41, 5.74) is 26.8. The van der Waals surface area contributed by atoms with Crippen LogP contribution >= 0.6 is 0 Å². The number of hydrogen-bond donors (Lipinski definition) is 0. The lowest BCUT2D eigenvalue weighted by Gasteiger charge is -2.25. The van der Waals surface area contributed by atoms with Crippen LogP contribution in [0.1, 0.15) is 166 Å². The summed E-state index contributed by atoms with van der Waals surface area (Å²) in [7, 11) is 0. The van der Waals surface area contributed by atoms with Crippen molar-refractivity contribution in [3.63, 3.8) is 0 Å². The normalized spacial score (nSPS) is 15.3. The van der Waals surface area contributed by atoms with Crippen LogP contribution in [0.3, 0.4) is 0 Å².